The molecule has 2 aliphatic rings. The number of para-hydroxylation sites is 1. The molecule has 2 atom stereocenters. The fourth-order valence-electron chi connectivity index (χ4n) is 4.47. The van der Waals surface area contributed by atoms with E-state index in [0.717, 1.165) is 43.1 Å². The first kappa shape index (κ1) is 21.0. The smallest absolute Gasteiger partial charge is 0.181 e. The van der Waals surface area contributed by atoms with Gasteiger partial charge in [-0.2, -0.15) is 0 Å². The monoisotopic (exact) mass is 410 g/mol. The van der Waals surface area contributed by atoms with Gasteiger partial charge < -0.3 is 14.2 Å². The van der Waals surface area contributed by atoms with Crippen LogP contribution in [-0.4, -0.2) is 81.3 Å². The zero-order valence-electron chi connectivity index (χ0n) is 17.5. The molecular weight excluding hydrogens is 380 g/mol. The molecule has 0 radical (unpaired) electrons. The summed E-state index contributed by atoms with van der Waals surface area (Å²) in [7, 11) is 1.69. The van der Waals surface area contributed by atoms with Crippen molar-refractivity contribution in [3.63, 3.8) is 0 Å². The quantitative estimate of drug-likeness (QED) is 0.654. The summed E-state index contributed by atoms with van der Waals surface area (Å²) in [5, 5.41) is 0. The number of rotatable bonds is 7. The molecular formula is C24H30N2O4. The van der Waals surface area contributed by atoms with Gasteiger partial charge in [0.1, 0.15) is 5.75 Å². The minimum absolute atomic E-state index is 0.129. The van der Waals surface area contributed by atoms with Crippen molar-refractivity contribution in [1.29, 1.82) is 0 Å². The number of morpholine rings is 2. The molecule has 160 valence electrons. The minimum Gasteiger partial charge on any atom is -0.496 e. The normalized spacial score (nSPS) is 20.4. The van der Waals surface area contributed by atoms with Crippen LogP contribution in [-0.2, 0) is 9.47 Å². The maximum Gasteiger partial charge on any atom is 0.181 e. The second kappa shape index (κ2) is 10.2. The van der Waals surface area contributed by atoms with E-state index >= 15 is 0 Å². The van der Waals surface area contributed by atoms with Gasteiger partial charge in [-0.25, -0.2) is 0 Å². The van der Waals surface area contributed by atoms with Gasteiger partial charge in [-0.05, 0) is 6.07 Å². The van der Waals surface area contributed by atoms with Crippen molar-refractivity contribution in [3.8, 4) is 5.75 Å². The third-order valence-corrected chi connectivity index (χ3v) is 5.96. The summed E-state index contributed by atoms with van der Waals surface area (Å²) < 4.78 is 16.9. The lowest BCUT2D eigenvalue weighted by Crippen LogP contribution is -2.55. The second-order valence-electron chi connectivity index (χ2n) is 7.66. The van der Waals surface area contributed by atoms with Crippen LogP contribution in [0.3, 0.4) is 0 Å². The molecule has 4 rings (SSSR count). The number of hydrogen-bond donors (Lipinski definition) is 0. The number of carbonyl (C=O) groups is 1. The van der Waals surface area contributed by atoms with Gasteiger partial charge >= 0.3 is 0 Å². The summed E-state index contributed by atoms with van der Waals surface area (Å²) in [6.07, 6.45) is 0. The standard InChI is InChI=1S/C24H30N2O4/c1-28-21-10-6-5-9-20(21)22(25-11-15-29-16-12-25)23(26-13-17-30-18-14-26)24(27)19-7-3-2-4-8-19/h2-10,22-23H,11-18H2,1H3/t22-,23-/m0/s1. The molecule has 30 heavy (non-hydrogen) atoms. The second-order valence-corrected chi connectivity index (χ2v) is 7.66. The molecule has 0 aromatic heterocycles. The summed E-state index contributed by atoms with van der Waals surface area (Å²) in [6, 6.07) is 17.2. The lowest BCUT2D eigenvalue weighted by Gasteiger charge is -2.44. The van der Waals surface area contributed by atoms with E-state index in [0.29, 0.717) is 26.4 Å². The van der Waals surface area contributed by atoms with Crippen molar-refractivity contribution < 1.29 is 19.0 Å². The van der Waals surface area contributed by atoms with Gasteiger partial charge in [0.15, 0.2) is 5.78 Å². The van der Waals surface area contributed by atoms with Crippen LogP contribution in [0.5, 0.6) is 5.75 Å². The zero-order valence-corrected chi connectivity index (χ0v) is 17.5. The van der Waals surface area contributed by atoms with Crippen LogP contribution in [0, 0.1) is 0 Å². The average molecular weight is 411 g/mol. The van der Waals surface area contributed by atoms with Crippen LogP contribution in [0.15, 0.2) is 54.6 Å². The number of Topliss-reactive ketones (excluding diaryl/α,β-unsaturated/α-hetero) is 1. The molecule has 0 unspecified atom stereocenters. The van der Waals surface area contributed by atoms with Gasteiger partial charge in [0.25, 0.3) is 0 Å². The van der Waals surface area contributed by atoms with Crippen molar-refractivity contribution in [2.24, 2.45) is 0 Å². The van der Waals surface area contributed by atoms with E-state index in [2.05, 4.69) is 15.9 Å². The van der Waals surface area contributed by atoms with Crippen LogP contribution in [0.2, 0.25) is 0 Å². The van der Waals surface area contributed by atoms with Crippen molar-refractivity contribution in [1.82, 2.24) is 9.80 Å². The third-order valence-electron chi connectivity index (χ3n) is 5.96. The molecule has 0 N–H and O–H groups in total. The summed E-state index contributed by atoms with van der Waals surface area (Å²) >= 11 is 0. The maximum atomic E-state index is 13.9. The Kier molecular flexibility index (Phi) is 7.12. The van der Waals surface area contributed by atoms with E-state index in [-0.39, 0.29) is 17.9 Å². The molecule has 0 aliphatic carbocycles. The minimum atomic E-state index is -0.328. The lowest BCUT2D eigenvalue weighted by atomic mass is 9.89. The van der Waals surface area contributed by atoms with E-state index in [4.69, 9.17) is 14.2 Å². The Balaban J connectivity index is 1.80. The van der Waals surface area contributed by atoms with Gasteiger partial charge in [-0.3, -0.25) is 14.6 Å². The summed E-state index contributed by atoms with van der Waals surface area (Å²) in [5.74, 6) is 0.952. The van der Waals surface area contributed by atoms with Crippen LogP contribution in [0.4, 0.5) is 0 Å². The molecule has 2 heterocycles. The molecule has 6 nitrogen and oxygen atoms in total. The molecule has 2 aliphatic heterocycles. The van der Waals surface area contributed by atoms with E-state index < -0.39 is 0 Å². The Morgan fingerprint density at radius 3 is 2.03 bits per heavy atom. The highest BCUT2D eigenvalue weighted by Gasteiger charge is 2.40. The first-order chi connectivity index (χ1) is 14.8. The zero-order chi connectivity index (χ0) is 20.8. The van der Waals surface area contributed by atoms with E-state index in [9.17, 15) is 4.79 Å². The SMILES string of the molecule is COc1ccccc1[C@@H]([C@@H](C(=O)c1ccccc1)N1CCOCC1)N1CCOCC1. The average Bonchev–Trinajstić information content (AvgIpc) is 2.84. The predicted molar refractivity (Wildman–Crippen MR) is 115 cm³/mol. The first-order valence-electron chi connectivity index (χ1n) is 10.7. The molecule has 0 amide bonds. The molecule has 2 fully saturated rings. The van der Waals surface area contributed by atoms with Gasteiger partial charge in [0.2, 0.25) is 0 Å². The molecule has 2 aromatic rings. The largest absolute Gasteiger partial charge is 0.496 e. The number of ketones is 1. The van der Waals surface area contributed by atoms with Gasteiger partial charge in [-0.1, -0.05) is 48.5 Å². The summed E-state index contributed by atoms with van der Waals surface area (Å²) in [4.78, 5) is 18.6. The van der Waals surface area contributed by atoms with Gasteiger partial charge in [-0.15, -0.1) is 0 Å². The molecule has 0 spiro atoms. The van der Waals surface area contributed by atoms with Crippen molar-refractivity contribution in [2.45, 2.75) is 12.1 Å². The van der Waals surface area contributed by atoms with Crippen LogP contribution >= 0.6 is 0 Å². The van der Waals surface area contributed by atoms with Gasteiger partial charge in [0.05, 0.1) is 45.6 Å². The molecule has 0 bridgehead atoms. The Labute approximate surface area is 178 Å². The molecule has 0 saturated carbocycles. The van der Waals surface area contributed by atoms with Gasteiger partial charge in [0, 0.05) is 37.3 Å². The first-order valence-corrected chi connectivity index (χ1v) is 10.7. The highest BCUT2D eigenvalue weighted by atomic mass is 16.5. The fourth-order valence-corrected chi connectivity index (χ4v) is 4.47. The maximum absolute atomic E-state index is 13.9. The van der Waals surface area contributed by atoms with E-state index in [1.807, 2.05) is 48.5 Å². The molecule has 2 saturated heterocycles. The van der Waals surface area contributed by atoms with Crippen molar-refractivity contribution in [2.75, 3.05) is 59.7 Å². The highest BCUT2D eigenvalue weighted by molar-refractivity contribution is 6.00. The predicted octanol–water partition coefficient (Wildman–Crippen LogP) is 2.65. The van der Waals surface area contributed by atoms with Crippen molar-refractivity contribution in [3.05, 3.63) is 65.7 Å². The highest BCUT2D eigenvalue weighted by Crippen LogP contribution is 2.36. The topological polar surface area (TPSA) is 51.2 Å². The third kappa shape index (κ3) is 4.57. The van der Waals surface area contributed by atoms with Crippen LogP contribution < -0.4 is 4.74 Å². The molecule has 2 aromatic carbocycles. The number of nitrogens with zero attached hydrogens (tertiary/aromatic N) is 2. The van der Waals surface area contributed by atoms with Crippen LogP contribution in [0.25, 0.3) is 0 Å². The number of benzene rings is 2. The van der Waals surface area contributed by atoms with E-state index in [1.54, 1.807) is 7.11 Å². The summed E-state index contributed by atoms with van der Waals surface area (Å²) in [6.45, 7) is 5.65. The van der Waals surface area contributed by atoms with Crippen LogP contribution in [0.1, 0.15) is 22.0 Å². The molecule has 6 heteroatoms. The van der Waals surface area contributed by atoms with E-state index in [1.165, 1.54) is 0 Å². The number of hydrogen-bond acceptors (Lipinski definition) is 6. The van der Waals surface area contributed by atoms with Crippen molar-refractivity contribution >= 4 is 5.78 Å². The Morgan fingerprint density at radius 1 is 0.833 bits per heavy atom. The lowest BCUT2D eigenvalue weighted by molar-refractivity contribution is -0.0305. The fraction of sp³-hybridized carbons (Fsp3) is 0.458. The number of carbonyl (C=O) groups excluding carboxylic acids is 1. The Bertz CT molecular complexity index is 817. The Hall–Kier alpha value is -2.25. The number of ether oxygens (including phenoxy) is 3. The number of methoxy groups -OCH3 is 1. The Morgan fingerprint density at radius 2 is 1.40 bits per heavy atom. The summed E-state index contributed by atoms with van der Waals surface area (Å²) in [5.41, 5.74) is 1.78.